The minimum atomic E-state index is -0.217. The lowest BCUT2D eigenvalue weighted by Gasteiger charge is -2.13. The van der Waals surface area contributed by atoms with Gasteiger partial charge in [-0.3, -0.25) is 9.59 Å². The van der Waals surface area contributed by atoms with Gasteiger partial charge in [0.15, 0.2) is 0 Å². The van der Waals surface area contributed by atoms with Gasteiger partial charge in [-0.15, -0.1) is 11.8 Å². The molecule has 0 spiro atoms. The fourth-order valence-electron chi connectivity index (χ4n) is 2.98. The molecular formula is C24H24N2O2S. The number of anilines is 1. The third-order valence-electron chi connectivity index (χ3n) is 4.39. The molecule has 0 saturated carbocycles. The van der Waals surface area contributed by atoms with Crippen LogP contribution in [-0.4, -0.2) is 24.1 Å². The largest absolute Gasteiger partial charge is 0.352 e. The second kappa shape index (κ2) is 10.5. The summed E-state index contributed by atoms with van der Waals surface area (Å²) in [5, 5.41) is 5.84. The van der Waals surface area contributed by atoms with Gasteiger partial charge in [-0.2, -0.15) is 0 Å². The van der Waals surface area contributed by atoms with Crippen LogP contribution in [0.5, 0.6) is 0 Å². The van der Waals surface area contributed by atoms with E-state index in [4.69, 9.17) is 0 Å². The van der Waals surface area contributed by atoms with Gasteiger partial charge < -0.3 is 10.6 Å². The van der Waals surface area contributed by atoms with Crippen molar-refractivity contribution >= 4 is 29.3 Å². The molecule has 0 aliphatic heterocycles. The van der Waals surface area contributed by atoms with Gasteiger partial charge in [0.05, 0.1) is 16.8 Å². The molecule has 0 fully saturated rings. The second-order valence-corrected chi connectivity index (χ2v) is 7.73. The highest BCUT2D eigenvalue weighted by molar-refractivity contribution is 7.99. The Morgan fingerprint density at radius 2 is 1.45 bits per heavy atom. The van der Waals surface area contributed by atoms with Gasteiger partial charge in [0, 0.05) is 11.4 Å². The maximum Gasteiger partial charge on any atom is 0.256 e. The van der Waals surface area contributed by atoms with E-state index in [1.54, 1.807) is 36.0 Å². The highest BCUT2D eigenvalue weighted by Gasteiger charge is 2.16. The molecule has 0 aliphatic rings. The average Bonchev–Trinajstić information content (AvgIpc) is 2.75. The van der Waals surface area contributed by atoms with Crippen LogP contribution in [0.1, 0.15) is 33.2 Å². The van der Waals surface area contributed by atoms with Crippen LogP contribution in [-0.2, 0) is 6.42 Å². The van der Waals surface area contributed by atoms with E-state index in [9.17, 15) is 9.59 Å². The Bertz CT molecular complexity index is 973. The van der Waals surface area contributed by atoms with Crippen LogP contribution in [0.25, 0.3) is 0 Å². The van der Waals surface area contributed by atoms with Gasteiger partial charge in [0.2, 0.25) is 0 Å². The molecule has 2 amide bonds. The van der Waals surface area contributed by atoms with Crippen LogP contribution in [0.3, 0.4) is 0 Å². The summed E-state index contributed by atoms with van der Waals surface area (Å²) in [6.45, 7) is 2.58. The zero-order chi connectivity index (χ0) is 20.5. The molecule has 2 N–H and O–H groups in total. The maximum atomic E-state index is 12.8. The topological polar surface area (TPSA) is 58.2 Å². The van der Waals surface area contributed by atoms with Gasteiger partial charge >= 0.3 is 0 Å². The van der Waals surface area contributed by atoms with Crippen molar-refractivity contribution in [2.45, 2.75) is 18.2 Å². The van der Waals surface area contributed by atoms with Crippen LogP contribution in [0.4, 0.5) is 5.69 Å². The van der Waals surface area contributed by atoms with E-state index in [-0.39, 0.29) is 11.8 Å². The Labute approximate surface area is 175 Å². The smallest absolute Gasteiger partial charge is 0.256 e. The van der Waals surface area contributed by atoms with E-state index in [0.717, 1.165) is 17.1 Å². The summed E-state index contributed by atoms with van der Waals surface area (Å²) in [7, 11) is 0. The van der Waals surface area contributed by atoms with Crippen LogP contribution in [0.2, 0.25) is 0 Å². The molecule has 3 rings (SSSR count). The number of carbonyl (C=O) groups excluding carboxylic acids is 2. The molecule has 4 nitrogen and oxygen atoms in total. The van der Waals surface area contributed by atoms with Gasteiger partial charge in [-0.1, -0.05) is 61.5 Å². The Morgan fingerprint density at radius 1 is 0.793 bits per heavy atom. The van der Waals surface area contributed by atoms with Crippen LogP contribution in [0, 0.1) is 0 Å². The average molecular weight is 405 g/mol. The minimum absolute atomic E-state index is 0.201. The summed E-state index contributed by atoms with van der Waals surface area (Å²) in [6.07, 6.45) is 0.753. The van der Waals surface area contributed by atoms with Crippen molar-refractivity contribution in [2.24, 2.45) is 0 Å². The standard InChI is InChI=1S/C24H24N2O2S/c1-2-29-22-15-9-7-13-20(22)24(28)26-21-14-8-6-12-19(21)23(27)25-17-16-18-10-4-3-5-11-18/h3-15H,2,16-17H2,1H3,(H,25,27)(H,26,28). The summed E-state index contributed by atoms with van der Waals surface area (Å²) in [4.78, 5) is 26.4. The fraction of sp³-hybridized carbons (Fsp3) is 0.167. The number of benzene rings is 3. The van der Waals surface area contributed by atoms with Crippen LogP contribution in [0.15, 0.2) is 83.8 Å². The molecule has 0 radical (unpaired) electrons. The normalized spacial score (nSPS) is 10.4. The molecule has 0 saturated heterocycles. The second-order valence-electron chi connectivity index (χ2n) is 6.42. The number of nitrogens with one attached hydrogen (secondary N) is 2. The Hall–Kier alpha value is -3.05. The Kier molecular flexibility index (Phi) is 7.47. The monoisotopic (exact) mass is 404 g/mol. The molecule has 3 aromatic rings. The van der Waals surface area contributed by atoms with E-state index < -0.39 is 0 Å². The number of thioether (sulfide) groups is 1. The summed E-state index contributed by atoms with van der Waals surface area (Å²) in [6, 6.07) is 24.6. The summed E-state index contributed by atoms with van der Waals surface area (Å²) < 4.78 is 0. The molecule has 0 unspecified atom stereocenters. The SMILES string of the molecule is CCSc1ccccc1C(=O)Nc1ccccc1C(=O)NCCc1ccccc1. The van der Waals surface area contributed by atoms with Gasteiger partial charge in [0.1, 0.15) is 0 Å². The number of hydrogen-bond acceptors (Lipinski definition) is 3. The van der Waals surface area contributed by atoms with Crippen molar-refractivity contribution in [1.29, 1.82) is 0 Å². The fourth-order valence-corrected chi connectivity index (χ4v) is 3.78. The molecular weight excluding hydrogens is 380 g/mol. The molecule has 3 aromatic carbocycles. The highest BCUT2D eigenvalue weighted by atomic mass is 32.2. The first-order valence-electron chi connectivity index (χ1n) is 9.63. The number of amides is 2. The molecule has 29 heavy (non-hydrogen) atoms. The number of hydrogen-bond donors (Lipinski definition) is 2. The summed E-state index contributed by atoms with van der Waals surface area (Å²) in [5.74, 6) is 0.462. The van der Waals surface area contributed by atoms with Crippen molar-refractivity contribution in [3.05, 3.63) is 95.6 Å². The summed E-state index contributed by atoms with van der Waals surface area (Å²) >= 11 is 1.62. The van der Waals surface area contributed by atoms with Crippen molar-refractivity contribution in [3.63, 3.8) is 0 Å². The first-order chi connectivity index (χ1) is 14.2. The lowest BCUT2D eigenvalue weighted by Crippen LogP contribution is -2.27. The lowest BCUT2D eigenvalue weighted by molar-refractivity contribution is 0.0955. The highest BCUT2D eigenvalue weighted by Crippen LogP contribution is 2.24. The molecule has 0 heterocycles. The number of para-hydroxylation sites is 1. The van der Waals surface area contributed by atoms with Crippen molar-refractivity contribution < 1.29 is 9.59 Å². The van der Waals surface area contributed by atoms with Gasteiger partial charge in [-0.05, 0) is 42.0 Å². The van der Waals surface area contributed by atoms with E-state index >= 15 is 0 Å². The molecule has 0 aliphatic carbocycles. The third-order valence-corrected chi connectivity index (χ3v) is 5.35. The quantitative estimate of drug-likeness (QED) is 0.518. The number of carbonyl (C=O) groups is 2. The Morgan fingerprint density at radius 3 is 2.21 bits per heavy atom. The molecule has 0 atom stereocenters. The third kappa shape index (κ3) is 5.72. The first-order valence-corrected chi connectivity index (χ1v) is 10.6. The summed E-state index contributed by atoms with van der Waals surface area (Å²) in [5.41, 5.74) is 2.73. The van der Waals surface area contributed by atoms with E-state index in [1.807, 2.05) is 54.6 Å². The predicted octanol–water partition coefficient (Wildman–Crippen LogP) is 5.02. The lowest BCUT2D eigenvalue weighted by atomic mass is 10.1. The van der Waals surface area contributed by atoms with Gasteiger partial charge in [0.25, 0.3) is 11.8 Å². The number of rotatable bonds is 8. The first kappa shape index (κ1) is 20.7. The van der Waals surface area contributed by atoms with Crippen LogP contribution < -0.4 is 10.6 Å². The van der Waals surface area contributed by atoms with Crippen LogP contribution >= 0.6 is 11.8 Å². The van der Waals surface area contributed by atoms with E-state index in [1.165, 1.54) is 5.56 Å². The van der Waals surface area contributed by atoms with Gasteiger partial charge in [-0.25, -0.2) is 0 Å². The molecule has 0 bridgehead atoms. The van der Waals surface area contributed by atoms with Crippen molar-refractivity contribution in [3.8, 4) is 0 Å². The van der Waals surface area contributed by atoms with Crippen molar-refractivity contribution in [1.82, 2.24) is 5.32 Å². The molecule has 5 heteroatoms. The predicted molar refractivity (Wildman–Crippen MR) is 120 cm³/mol. The molecule has 0 aromatic heterocycles. The van der Waals surface area contributed by atoms with Crippen molar-refractivity contribution in [2.75, 3.05) is 17.6 Å². The minimum Gasteiger partial charge on any atom is -0.352 e. The van der Waals surface area contributed by atoms with E-state index in [0.29, 0.717) is 23.4 Å². The van der Waals surface area contributed by atoms with E-state index in [2.05, 4.69) is 17.6 Å². The molecule has 148 valence electrons. The maximum absolute atomic E-state index is 12.8. The Balaban J connectivity index is 1.68. The zero-order valence-corrected chi connectivity index (χ0v) is 17.2. The zero-order valence-electron chi connectivity index (χ0n) is 16.4.